The van der Waals surface area contributed by atoms with Crippen molar-refractivity contribution in [1.82, 2.24) is 9.55 Å². The van der Waals surface area contributed by atoms with Gasteiger partial charge in [-0.05, 0) is 19.1 Å². The van der Waals surface area contributed by atoms with Gasteiger partial charge in [0, 0.05) is 0 Å². The zero-order chi connectivity index (χ0) is 13.3. The summed E-state index contributed by atoms with van der Waals surface area (Å²) in [5, 5.41) is -0.291. The van der Waals surface area contributed by atoms with Crippen molar-refractivity contribution in [1.29, 1.82) is 0 Å². The third-order valence-electron chi connectivity index (χ3n) is 2.57. The number of rotatable bonds is 3. The topological polar surface area (TPSA) is 34.9 Å². The van der Waals surface area contributed by atoms with E-state index in [1.54, 1.807) is 31.2 Å². The number of aromatic nitrogens is 2. The van der Waals surface area contributed by atoms with Gasteiger partial charge >= 0.3 is 0 Å². The molecule has 1 aromatic carbocycles. The van der Waals surface area contributed by atoms with Gasteiger partial charge in [-0.2, -0.15) is 0 Å². The molecule has 1 atom stereocenters. The highest BCUT2D eigenvalue weighted by Crippen LogP contribution is 2.19. The van der Waals surface area contributed by atoms with Gasteiger partial charge in [0.1, 0.15) is 5.82 Å². The highest BCUT2D eigenvalue weighted by atomic mass is 35.5. The number of halogens is 3. The second-order valence-electron chi connectivity index (χ2n) is 3.91. The molecule has 0 aliphatic heterocycles. The van der Waals surface area contributed by atoms with Crippen molar-refractivity contribution >= 4 is 22.5 Å². The number of nitrogens with zero attached hydrogens (tertiary/aromatic N) is 2. The van der Waals surface area contributed by atoms with Crippen LogP contribution in [0.4, 0.5) is 8.78 Å². The molecule has 0 spiro atoms. The van der Waals surface area contributed by atoms with E-state index in [2.05, 4.69) is 4.98 Å². The van der Waals surface area contributed by atoms with E-state index >= 15 is 0 Å². The van der Waals surface area contributed by atoms with Gasteiger partial charge in [0.15, 0.2) is 0 Å². The molecule has 18 heavy (non-hydrogen) atoms. The van der Waals surface area contributed by atoms with E-state index in [1.165, 1.54) is 0 Å². The number of para-hydroxylation sites is 1. The van der Waals surface area contributed by atoms with Crippen LogP contribution in [0.2, 0.25) is 0 Å². The normalized spacial score (nSPS) is 13.2. The fourth-order valence-corrected chi connectivity index (χ4v) is 1.97. The van der Waals surface area contributed by atoms with E-state index in [0.29, 0.717) is 10.9 Å². The molecular formula is C12H11ClF2N2O. The number of fused-ring (bicyclic) bond motifs is 1. The summed E-state index contributed by atoms with van der Waals surface area (Å²) in [6.45, 7) is 0.906. The Labute approximate surface area is 107 Å². The third kappa shape index (κ3) is 2.36. The van der Waals surface area contributed by atoms with Gasteiger partial charge in [-0.1, -0.05) is 12.1 Å². The highest BCUT2D eigenvalue weighted by molar-refractivity contribution is 6.20. The molecule has 1 heterocycles. The van der Waals surface area contributed by atoms with Crippen LogP contribution in [0.15, 0.2) is 29.1 Å². The van der Waals surface area contributed by atoms with Crippen LogP contribution in [-0.2, 0) is 6.54 Å². The van der Waals surface area contributed by atoms with Gasteiger partial charge in [-0.25, -0.2) is 13.8 Å². The molecule has 0 aliphatic rings. The first-order valence-corrected chi connectivity index (χ1v) is 5.86. The zero-order valence-electron chi connectivity index (χ0n) is 9.61. The van der Waals surface area contributed by atoms with Crippen molar-refractivity contribution in [3.63, 3.8) is 0 Å². The quantitative estimate of drug-likeness (QED) is 0.805. The fourth-order valence-electron chi connectivity index (χ4n) is 1.80. The summed E-state index contributed by atoms with van der Waals surface area (Å²) in [6, 6.07) is 6.62. The van der Waals surface area contributed by atoms with Crippen LogP contribution in [0.5, 0.6) is 0 Å². The van der Waals surface area contributed by atoms with E-state index in [0.717, 1.165) is 4.57 Å². The molecule has 0 fully saturated rings. The largest absolute Gasteiger partial charge is 0.289 e. The molecule has 6 heteroatoms. The standard InChI is InChI=1S/C12H11ClF2N2O/c1-7(13)11-16-9-5-3-2-4-8(9)12(18)17(11)6-10(14)15/h2-5,7,10H,6H2,1H3. The lowest BCUT2D eigenvalue weighted by atomic mass is 10.2. The summed E-state index contributed by atoms with van der Waals surface area (Å²) in [6.07, 6.45) is -2.63. The maximum absolute atomic E-state index is 12.5. The lowest BCUT2D eigenvalue weighted by Gasteiger charge is -2.14. The molecule has 2 aromatic rings. The summed E-state index contributed by atoms with van der Waals surface area (Å²) in [5.74, 6) is 0.167. The SMILES string of the molecule is CC(Cl)c1nc2ccccc2c(=O)n1CC(F)F. The first-order valence-electron chi connectivity index (χ1n) is 5.42. The molecule has 0 N–H and O–H groups in total. The Morgan fingerprint density at radius 1 is 1.39 bits per heavy atom. The Morgan fingerprint density at radius 2 is 2.06 bits per heavy atom. The summed E-state index contributed by atoms with van der Waals surface area (Å²) in [5.41, 5.74) is -0.0149. The van der Waals surface area contributed by atoms with Crippen LogP contribution in [0, 0.1) is 0 Å². The first kappa shape index (κ1) is 13.0. The van der Waals surface area contributed by atoms with Crippen molar-refractivity contribution in [2.24, 2.45) is 0 Å². The van der Waals surface area contributed by atoms with Crippen molar-refractivity contribution in [2.45, 2.75) is 25.3 Å². The van der Waals surface area contributed by atoms with E-state index < -0.39 is 23.9 Å². The average molecular weight is 273 g/mol. The predicted molar refractivity (Wildman–Crippen MR) is 66.3 cm³/mol. The molecule has 0 bridgehead atoms. The molecule has 2 rings (SSSR count). The molecule has 0 amide bonds. The summed E-state index contributed by atoms with van der Waals surface area (Å²) in [7, 11) is 0. The maximum atomic E-state index is 12.5. The third-order valence-corrected chi connectivity index (χ3v) is 2.76. The van der Waals surface area contributed by atoms with Crippen LogP contribution in [0.3, 0.4) is 0 Å². The molecule has 0 saturated carbocycles. The van der Waals surface area contributed by atoms with Crippen molar-refractivity contribution < 1.29 is 8.78 Å². The lowest BCUT2D eigenvalue weighted by Crippen LogP contribution is -2.28. The zero-order valence-corrected chi connectivity index (χ0v) is 10.4. The minimum atomic E-state index is -2.63. The summed E-state index contributed by atoms with van der Waals surface area (Å²) >= 11 is 5.90. The second-order valence-corrected chi connectivity index (χ2v) is 4.56. The molecule has 96 valence electrons. The van der Waals surface area contributed by atoms with Gasteiger partial charge in [0.05, 0.1) is 22.8 Å². The van der Waals surface area contributed by atoms with Gasteiger partial charge in [0.2, 0.25) is 0 Å². The Kier molecular flexibility index (Phi) is 3.61. The van der Waals surface area contributed by atoms with Gasteiger partial charge in [-0.15, -0.1) is 11.6 Å². The molecule has 1 aromatic heterocycles. The second kappa shape index (κ2) is 5.02. The number of hydrogen-bond acceptors (Lipinski definition) is 2. The average Bonchev–Trinajstić information content (AvgIpc) is 2.32. The summed E-state index contributed by atoms with van der Waals surface area (Å²) in [4.78, 5) is 16.3. The monoisotopic (exact) mass is 272 g/mol. The van der Waals surface area contributed by atoms with E-state index in [4.69, 9.17) is 11.6 Å². The first-order chi connectivity index (χ1) is 8.50. The number of benzene rings is 1. The summed E-state index contributed by atoms with van der Waals surface area (Å²) < 4.78 is 26.0. The predicted octanol–water partition coefficient (Wildman–Crippen LogP) is 2.96. The Hall–Kier alpha value is -1.49. The molecule has 0 saturated heterocycles. The fraction of sp³-hybridized carbons (Fsp3) is 0.333. The Balaban J connectivity index is 2.75. The van der Waals surface area contributed by atoms with Crippen LogP contribution in [0.1, 0.15) is 18.1 Å². The minimum absolute atomic E-state index is 0.167. The van der Waals surface area contributed by atoms with Crippen molar-refractivity contribution in [2.75, 3.05) is 0 Å². The molecule has 0 aliphatic carbocycles. The van der Waals surface area contributed by atoms with E-state index in [-0.39, 0.29) is 5.82 Å². The van der Waals surface area contributed by atoms with Gasteiger partial charge in [-0.3, -0.25) is 9.36 Å². The van der Waals surface area contributed by atoms with E-state index in [9.17, 15) is 13.6 Å². The highest BCUT2D eigenvalue weighted by Gasteiger charge is 2.17. The molecule has 1 unspecified atom stereocenters. The van der Waals surface area contributed by atoms with Crippen molar-refractivity contribution in [3.8, 4) is 0 Å². The number of hydrogen-bond donors (Lipinski definition) is 0. The van der Waals surface area contributed by atoms with Crippen LogP contribution < -0.4 is 5.56 Å². The minimum Gasteiger partial charge on any atom is -0.289 e. The van der Waals surface area contributed by atoms with E-state index in [1.807, 2.05) is 0 Å². The Bertz CT molecular complexity index is 625. The van der Waals surface area contributed by atoms with Crippen LogP contribution in [0.25, 0.3) is 10.9 Å². The Morgan fingerprint density at radius 3 is 2.67 bits per heavy atom. The van der Waals surface area contributed by atoms with Crippen LogP contribution in [-0.4, -0.2) is 16.0 Å². The van der Waals surface area contributed by atoms with Gasteiger partial charge < -0.3 is 0 Å². The number of alkyl halides is 3. The molecular weight excluding hydrogens is 262 g/mol. The van der Waals surface area contributed by atoms with Crippen molar-refractivity contribution in [3.05, 3.63) is 40.4 Å². The molecule has 0 radical (unpaired) electrons. The molecule has 3 nitrogen and oxygen atoms in total. The maximum Gasteiger partial charge on any atom is 0.261 e. The van der Waals surface area contributed by atoms with Crippen LogP contribution >= 0.6 is 11.6 Å². The lowest BCUT2D eigenvalue weighted by molar-refractivity contribution is 0.123. The van der Waals surface area contributed by atoms with Gasteiger partial charge in [0.25, 0.3) is 12.0 Å². The smallest absolute Gasteiger partial charge is 0.261 e.